The summed E-state index contributed by atoms with van der Waals surface area (Å²) < 4.78 is 0. The fraction of sp³-hybridized carbons (Fsp3) is 0.320. The third kappa shape index (κ3) is 4.39. The monoisotopic (exact) mass is 433 g/mol. The average Bonchev–Trinajstić information content (AvgIpc) is 2.77. The van der Waals surface area contributed by atoms with Crippen LogP contribution in [-0.4, -0.2) is 34.4 Å². The van der Waals surface area contributed by atoms with Gasteiger partial charge in [-0.2, -0.15) is 0 Å². The Bertz CT molecular complexity index is 1050. The van der Waals surface area contributed by atoms with Crippen molar-refractivity contribution in [2.24, 2.45) is 0 Å². The van der Waals surface area contributed by atoms with E-state index in [2.05, 4.69) is 46.6 Å². The zero-order chi connectivity index (χ0) is 22.0. The van der Waals surface area contributed by atoms with E-state index in [0.29, 0.717) is 0 Å². The molecule has 0 bridgehead atoms. The fourth-order valence-electron chi connectivity index (χ4n) is 4.17. The molecule has 0 aliphatic carbocycles. The van der Waals surface area contributed by atoms with Crippen molar-refractivity contribution in [2.75, 3.05) is 11.4 Å². The number of thiocarbonyl (C=S) groups is 1. The molecule has 1 N–H and O–H groups in total. The topological polar surface area (TPSA) is 52.7 Å². The molecule has 2 aliphatic rings. The van der Waals surface area contributed by atoms with Gasteiger partial charge in [0.25, 0.3) is 11.8 Å². The highest BCUT2D eigenvalue weighted by Gasteiger charge is 2.35. The van der Waals surface area contributed by atoms with Crippen LogP contribution < -0.4 is 10.2 Å². The van der Waals surface area contributed by atoms with Gasteiger partial charge in [-0.05, 0) is 73.3 Å². The van der Waals surface area contributed by atoms with Crippen LogP contribution in [0.4, 0.5) is 5.69 Å². The Balaban J connectivity index is 1.61. The zero-order valence-electron chi connectivity index (χ0n) is 17.9. The van der Waals surface area contributed by atoms with Crippen molar-refractivity contribution in [3.8, 4) is 0 Å². The van der Waals surface area contributed by atoms with Crippen molar-refractivity contribution in [1.29, 1.82) is 0 Å². The molecule has 1 atom stereocenters. The van der Waals surface area contributed by atoms with E-state index in [-0.39, 0.29) is 22.6 Å². The maximum atomic E-state index is 13.0. The number of nitrogens with one attached hydrogen (secondary N) is 1. The van der Waals surface area contributed by atoms with E-state index in [9.17, 15) is 9.59 Å². The number of carbonyl (C=O) groups excluding carboxylic acids is 2. The third-order valence-electron chi connectivity index (χ3n) is 6.01. The van der Waals surface area contributed by atoms with E-state index in [0.717, 1.165) is 37.9 Å². The molecule has 0 unspecified atom stereocenters. The molecule has 0 radical (unpaired) electrons. The molecule has 2 aromatic carbocycles. The number of hydrogen-bond acceptors (Lipinski definition) is 4. The number of carbonyl (C=O) groups is 2. The van der Waals surface area contributed by atoms with Gasteiger partial charge in [0.15, 0.2) is 5.11 Å². The predicted octanol–water partition coefficient (Wildman–Crippen LogP) is 4.06. The zero-order valence-corrected chi connectivity index (χ0v) is 18.7. The average molecular weight is 434 g/mol. The van der Waals surface area contributed by atoms with Crippen molar-refractivity contribution in [2.45, 2.75) is 45.7 Å². The van der Waals surface area contributed by atoms with Crippen molar-refractivity contribution in [1.82, 2.24) is 10.2 Å². The Morgan fingerprint density at radius 1 is 1.16 bits per heavy atom. The maximum Gasteiger partial charge on any atom is 0.265 e. The number of amides is 2. The highest BCUT2D eigenvalue weighted by molar-refractivity contribution is 7.80. The minimum Gasteiger partial charge on any atom is -0.367 e. The summed E-state index contributed by atoms with van der Waals surface area (Å²) in [6, 6.07) is 16.6. The van der Waals surface area contributed by atoms with Crippen LogP contribution in [0.3, 0.4) is 0 Å². The number of benzene rings is 2. The first kappa shape index (κ1) is 21.2. The molecule has 2 heterocycles. The molecule has 4 rings (SSSR count). The molecule has 1 fully saturated rings. The van der Waals surface area contributed by atoms with Gasteiger partial charge in [0.05, 0.1) is 0 Å². The summed E-state index contributed by atoms with van der Waals surface area (Å²) >= 11 is 5.23. The van der Waals surface area contributed by atoms with Crippen molar-refractivity contribution in [3.05, 3.63) is 70.8 Å². The quantitative estimate of drug-likeness (QED) is 0.439. The first-order chi connectivity index (χ1) is 15.0. The normalized spacial score (nSPS) is 18.8. The van der Waals surface area contributed by atoms with Crippen molar-refractivity contribution in [3.63, 3.8) is 0 Å². The molecule has 0 aromatic heterocycles. The number of fused-ring (bicyclic) bond motifs is 1. The van der Waals surface area contributed by atoms with Crippen LogP contribution in [0.25, 0.3) is 6.08 Å². The lowest BCUT2D eigenvalue weighted by atomic mass is 9.97. The van der Waals surface area contributed by atoms with Crippen LogP contribution in [0.15, 0.2) is 54.1 Å². The van der Waals surface area contributed by atoms with Crippen LogP contribution >= 0.6 is 12.2 Å². The third-order valence-corrected chi connectivity index (χ3v) is 6.31. The largest absolute Gasteiger partial charge is 0.367 e. The van der Waals surface area contributed by atoms with Gasteiger partial charge in [-0.1, -0.05) is 43.3 Å². The number of rotatable bonds is 5. The van der Waals surface area contributed by atoms with Gasteiger partial charge in [0, 0.05) is 24.8 Å². The maximum absolute atomic E-state index is 13.0. The summed E-state index contributed by atoms with van der Waals surface area (Å²) in [6.07, 6.45) is 4.51. The Hall–Kier alpha value is -2.99. The van der Waals surface area contributed by atoms with E-state index in [4.69, 9.17) is 12.2 Å². The second-order valence-corrected chi connectivity index (χ2v) is 8.54. The summed E-state index contributed by atoms with van der Waals surface area (Å²) in [5, 5.41) is 2.85. The van der Waals surface area contributed by atoms with Gasteiger partial charge in [0.1, 0.15) is 5.57 Å². The number of hydrogen-bond donors (Lipinski definition) is 1. The van der Waals surface area contributed by atoms with Crippen LogP contribution in [0.5, 0.6) is 0 Å². The molecule has 160 valence electrons. The van der Waals surface area contributed by atoms with Gasteiger partial charge in [-0.3, -0.25) is 19.8 Å². The lowest BCUT2D eigenvalue weighted by Crippen LogP contribution is -2.56. The van der Waals surface area contributed by atoms with Crippen LogP contribution in [-0.2, 0) is 22.6 Å². The Labute approximate surface area is 188 Å². The van der Waals surface area contributed by atoms with Crippen LogP contribution in [0.2, 0.25) is 0 Å². The Morgan fingerprint density at radius 3 is 2.68 bits per heavy atom. The molecule has 2 aromatic rings. The first-order valence-corrected chi connectivity index (χ1v) is 11.2. The lowest BCUT2D eigenvalue weighted by molar-refractivity contribution is -0.130. The smallest absolute Gasteiger partial charge is 0.265 e. The minimum atomic E-state index is -0.432. The second kappa shape index (κ2) is 9.02. The van der Waals surface area contributed by atoms with Crippen LogP contribution in [0, 0.1) is 0 Å². The number of aryl methyl sites for hydroxylation is 1. The lowest BCUT2D eigenvalue weighted by Gasteiger charge is -2.33. The van der Waals surface area contributed by atoms with E-state index >= 15 is 0 Å². The van der Waals surface area contributed by atoms with Gasteiger partial charge in [0.2, 0.25) is 0 Å². The highest BCUT2D eigenvalue weighted by atomic mass is 32.1. The summed E-state index contributed by atoms with van der Waals surface area (Å²) in [5.74, 6) is -0.760. The molecule has 5 nitrogen and oxygen atoms in total. The van der Waals surface area contributed by atoms with E-state index in [1.165, 1.54) is 21.7 Å². The Morgan fingerprint density at radius 2 is 1.94 bits per heavy atom. The fourth-order valence-corrected chi connectivity index (χ4v) is 4.53. The molecule has 1 saturated heterocycles. The van der Waals surface area contributed by atoms with Gasteiger partial charge in [-0.15, -0.1) is 0 Å². The first-order valence-electron chi connectivity index (χ1n) is 10.8. The van der Waals surface area contributed by atoms with Gasteiger partial charge in [-0.25, -0.2) is 0 Å². The molecule has 31 heavy (non-hydrogen) atoms. The summed E-state index contributed by atoms with van der Waals surface area (Å²) in [4.78, 5) is 29.4. The van der Waals surface area contributed by atoms with Crippen LogP contribution in [0.1, 0.15) is 43.4 Å². The minimum absolute atomic E-state index is 0.0703. The molecule has 2 amide bonds. The number of anilines is 1. The molecular formula is C25H27N3O2S. The standard InChI is InChI=1S/C25H27N3O2S/c1-3-17(2)28-24(30)21(23(29)26-25(28)31)15-19-11-12-22-20(14-19)10-7-13-27(22)16-18-8-5-4-6-9-18/h4-6,8-9,11-12,14-15,17H,3,7,10,13,16H2,1-2H3,(H,26,29,31)/b21-15+/t17-/m1/s1. The van der Waals surface area contributed by atoms with Gasteiger partial charge < -0.3 is 4.90 Å². The highest BCUT2D eigenvalue weighted by Crippen LogP contribution is 2.30. The molecule has 0 spiro atoms. The summed E-state index contributed by atoms with van der Waals surface area (Å²) in [6.45, 7) is 5.81. The predicted molar refractivity (Wildman–Crippen MR) is 128 cm³/mol. The number of nitrogens with zero attached hydrogens (tertiary/aromatic N) is 2. The Kier molecular flexibility index (Phi) is 6.18. The van der Waals surface area contributed by atoms with Crippen molar-refractivity contribution < 1.29 is 9.59 Å². The van der Waals surface area contributed by atoms with E-state index in [1.807, 2.05) is 26.0 Å². The molecule has 2 aliphatic heterocycles. The second-order valence-electron chi connectivity index (χ2n) is 8.15. The molecular weight excluding hydrogens is 406 g/mol. The van der Waals surface area contributed by atoms with E-state index < -0.39 is 5.91 Å². The van der Waals surface area contributed by atoms with E-state index in [1.54, 1.807) is 6.08 Å². The van der Waals surface area contributed by atoms with Crippen molar-refractivity contribution >= 4 is 40.9 Å². The molecule has 6 heteroatoms. The SMILES string of the molecule is CC[C@@H](C)N1C(=O)/C(=C/c2ccc3c(c2)CCCN3Cc2ccccc2)C(=O)NC1=S. The van der Waals surface area contributed by atoms with Gasteiger partial charge >= 0.3 is 0 Å². The molecule has 0 saturated carbocycles. The summed E-state index contributed by atoms with van der Waals surface area (Å²) in [7, 11) is 0. The summed E-state index contributed by atoms with van der Waals surface area (Å²) in [5.41, 5.74) is 4.74.